The van der Waals surface area contributed by atoms with E-state index in [4.69, 9.17) is 10.5 Å². The van der Waals surface area contributed by atoms with Crippen LogP contribution in [0.5, 0.6) is 0 Å². The van der Waals surface area contributed by atoms with Crippen molar-refractivity contribution in [3.63, 3.8) is 0 Å². The van der Waals surface area contributed by atoms with E-state index in [0.717, 1.165) is 5.56 Å². The van der Waals surface area contributed by atoms with E-state index in [2.05, 4.69) is 5.32 Å². The molecule has 1 aromatic rings. The zero-order valence-corrected chi connectivity index (χ0v) is 13.2. The van der Waals surface area contributed by atoms with Gasteiger partial charge in [0.1, 0.15) is 11.4 Å². The number of amides is 1. The molecule has 1 atom stereocenters. The molecule has 118 valence electrons. The van der Waals surface area contributed by atoms with Gasteiger partial charge in [-0.1, -0.05) is 19.1 Å². The molecule has 1 rings (SSSR count). The average molecular weight is 296 g/mol. The van der Waals surface area contributed by atoms with Crippen LogP contribution in [0.4, 0.5) is 9.18 Å². The minimum Gasteiger partial charge on any atom is -0.444 e. The third-order valence-electron chi connectivity index (χ3n) is 3.10. The first-order chi connectivity index (χ1) is 9.63. The zero-order chi connectivity index (χ0) is 16.1. The van der Waals surface area contributed by atoms with E-state index in [1.807, 2.05) is 27.7 Å². The summed E-state index contributed by atoms with van der Waals surface area (Å²) in [6.45, 7) is 8.22. The van der Waals surface area contributed by atoms with Crippen molar-refractivity contribution < 1.29 is 13.9 Å². The first-order valence-electron chi connectivity index (χ1n) is 7.05. The number of nitrogens with two attached hydrogens (primary N) is 1. The number of nitrogens with one attached hydrogen (secondary N) is 1. The van der Waals surface area contributed by atoms with Gasteiger partial charge in [-0.25, -0.2) is 9.18 Å². The second-order valence-electron chi connectivity index (χ2n) is 6.67. The van der Waals surface area contributed by atoms with E-state index in [0.29, 0.717) is 19.5 Å². The summed E-state index contributed by atoms with van der Waals surface area (Å²) in [5.74, 6) is -0.264. The Morgan fingerprint density at radius 2 is 1.81 bits per heavy atom. The smallest absolute Gasteiger partial charge is 0.407 e. The molecule has 4 nitrogen and oxygen atoms in total. The van der Waals surface area contributed by atoms with Gasteiger partial charge in [0.15, 0.2) is 0 Å². The Hall–Kier alpha value is -1.62. The molecule has 0 saturated heterocycles. The van der Waals surface area contributed by atoms with E-state index in [1.54, 1.807) is 12.1 Å². The maximum Gasteiger partial charge on any atom is 0.407 e. The first-order valence-corrected chi connectivity index (χ1v) is 7.05. The van der Waals surface area contributed by atoms with Gasteiger partial charge < -0.3 is 15.8 Å². The number of alkyl carbamates (subject to hydrolysis) is 1. The number of hydrogen-bond donors (Lipinski definition) is 2. The molecule has 1 amide bonds. The van der Waals surface area contributed by atoms with Crippen molar-refractivity contribution in [3.05, 3.63) is 35.6 Å². The number of carbonyl (C=O) groups is 1. The van der Waals surface area contributed by atoms with Gasteiger partial charge in [0, 0.05) is 12.0 Å². The fourth-order valence-electron chi connectivity index (χ4n) is 1.90. The Bertz CT molecular complexity index is 468. The Labute approximate surface area is 125 Å². The maximum absolute atomic E-state index is 12.9. The number of ether oxygens (including phenoxy) is 1. The van der Waals surface area contributed by atoms with Crippen LogP contribution < -0.4 is 11.1 Å². The molecule has 3 N–H and O–H groups in total. The predicted octanol–water partition coefficient (Wildman–Crippen LogP) is 2.86. The zero-order valence-electron chi connectivity index (χ0n) is 13.2. The van der Waals surface area contributed by atoms with Gasteiger partial charge in [-0.3, -0.25) is 0 Å². The van der Waals surface area contributed by atoms with Crippen molar-refractivity contribution in [1.29, 1.82) is 0 Å². The van der Waals surface area contributed by atoms with Gasteiger partial charge in [-0.05, 0) is 51.4 Å². The summed E-state index contributed by atoms with van der Waals surface area (Å²) in [7, 11) is 0. The Morgan fingerprint density at radius 1 is 1.24 bits per heavy atom. The van der Waals surface area contributed by atoms with Crippen molar-refractivity contribution in [3.8, 4) is 0 Å². The van der Waals surface area contributed by atoms with E-state index in [9.17, 15) is 9.18 Å². The lowest BCUT2D eigenvalue weighted by molar-refractivity contribution is 0.0504. The SMILES string of the molecule is CC(CN)(CNC(=O)OC(C)(C)C)Cc1ccc(F)cc1. The van der Waals surface area contributed by atoms with Gasteiger partial charge in [-0.15, -0.1) is 0 Å². The molecule has 0 aliphatic rings. The Morgan fingerprint density at radius 3 is 2.29 bits per heavy atom. The van der Waals surface area contributed by atoms with Gasteiger partial charge in [0.2, 0.25) is 0 Å². The summed E-state index contributed by atoms with van der Waals surface area (Å²) in [6, 6.07) is 6.31. The molecule has 0 spiro atoms. The lowest BCUT2D eigenvalue weighted by Gasteiger charge is -2.29. The molecule has 0 aliphatic heterocycles. The van der Waals surface area contributed by atoms with Crippen LogP contribution in [-0.2, 0) is 11.2 Å². The third-order valence-corrected chi connectivity index (χ3v) is 3.10. The molecule has 5 heteroatoms. The van der Waals surface area contributed by atoms with Crippen LogP contribution in [-0.4, -0.2) is 24.8 Å². The highest BCUT2D eigenvalue weighted by Crippen LogP contribution is 2.21. The van der Waals surface area contributed by atoms with Crippen LogP contribution >= 0.6 is 0 Å². The molecule has 0 saturated carbocycles. The van der Waals surface area contributed by atoms with E-state index < -0.39 is 11.7 Å². The van der Waals surface area contributed by atoms with Crippen LogP contribution in [0.1, 0.15) is 33.3 Å². The third kappa shape index (κ3) is 6.58. The maximum atomic E-state index is 12.9. The first kappa shape index (κ1) is 17.4. The highest BCUT2D eigenvalue weighted by Gasteiger charge is 2.25. The summed E-state index contributed by atoms with van der Waals surface area (Å²) in [4.78, 5) is 11.7. The van der Waals surface area contributed by atoms with Crippen LogP contribution in [0.15, 0.2) is 24.3 Å². The number of carbonyl (C=O) groups excluding carboxylic acids is 1. The normalized spacial score (nSPS) is 14.4. The van der Waals surface area contributed by atoms with Gasteiger partial charge in [-0.2, -0.15) is 0 Å². The van der Waals surface area contributed by atoms with E-state index in [1.165, 1.54) is 12.1 Å². The molecule has 0 fully saturated rings. The lowest BCUT2D eigenvalue weighted by Crippen LogP contribution is -2.43. The van der Waals surface area contributed by atoms with Crippen LogP contribution in [0.3, 0.4) is 0 Å². The molecule has 0 aliphatic carbocycles. The Kier molecular flexibility index (Phi) is 5.72. The fourth-order valence-corrected chi connectivity index (χ4v) is 1.90. The minimum atomic E-state index is -0.528. The molecule has 0 bridgehead atoms. The highest BCUT2D eigenvalue weighted by atomic mass is 19.1. The number of rotatable bonds is 5. The highest BCUT2D eigenvalue weighted by molar-refractivity contribution is 5.67. The van der Waals surface area contributed by atoms with Gasteiger partial charge in [0.25, 0.3) is 0 Å². The molecule has 21 heavy (non-hydrogen) atoms. The van der Waals surface area contributed by atoms with Crippen LogP contribution in [0.25, 0.3) is 0 Å². The average Bonchev–Trinajstić information content (AvgIpc) is 2.37. The summed E-state index contributed by atoms with van der Waals surface area (Å²) < 4.78 is 18.1. The van der Waals surface area contributed by atoms with Gasteiger partial charge >= 0.3 is 6.09 Å². The summed E-state index contributed by atoms with van der Waals surface area (Å²) >= 11 is 0. The second-order valence-corrected chi connectivity index (χ2v) is 6.67. The summed E-state index contributed by atoms with van der Waals surface area (Å²) in [5, 5.41) is 2.75. The quantitative estimate of drug-likeness (QED) is 0.878. The monoisotopic (exact) mass is 296 g/mol. The molecule has 0 radical (unpaired) electrons. The van der Waals surface area contributed by atoms with Crippen LogP contribution in [0, 0.1) is 11.2 Å². The molecular formula is C16H25FN2O2. The van der Waals surface area contributed by atoms with Crippen molar-refractivity contribution in [1.82, 2.24) is 5.32 Å². The van der Waals surface area contributed by atoms with Crippen molar-refractivity contribution >= 4 is 6.09 Å². The summed E-state index contributed by atoms with van der Waals surface area (Å²) in [5.41, 5.74) is 5.98. The van der Waals surface area contributed by atoms with Crippen molar-refractivity contribution in [2.45, 2.75) is 39.7 Å². The second kappa shape index (κ2) is 6.89. The molecule has 1 aromatic carbocycles. The largest absolute Gasteiger partial charge is 0.444 e. The topological polar surface area (TPSA) is 64.3 Å². The number of benzene rings is 1. The molecule has 0 heterocycles. The fraction of sp³-hybridized carbons (Fsp3) is 0.562. The molecular weight excluding hydrogens is 271 g/mol. The number of halogens is 1. The van der Waals surface area contributed by atoms with Crippen LogP contribution in [0.2, 0.25) is 0 Å². The lowest BCUT2D eigenvalue weighted by atomic mass is 9.83. The van der Waals surface area contributed by atoms with E-state index >= 15 is 0 Å². The minimum absolute atomic E-state index is 0.264. The predicted molar refractivity (Wildman–Crippen MR) is 81.5 cm³/mol. The number of hydrogen-bond acceptors (Lipinski definition) is 3. The summed E-state index contributed by atoms with van der Waals surface area (Å²) in [6.07, 6.45) is 0.195. The van der Waals surface area contributed by atoms with E-state index in [-0.39, 0.29) is 11.2 Å². The van der Waals surface area contributed by atoms with Crippen molar-refractivity contribution in [2.75, 3.05) is 13.1 Å². The molecule has 0 aromatic heterocycles. The Balaban J connectivity index is 2.59. The van der Waals surface area contributed by atoms with Crippen molar-refractivity contribution in [2.24, 2.45) is 11.1 Å². The standard InChI is InChI=1S/C16H25FN2O2/c1-15(2,3)21-14(20)19-11-16(4,10-18)9-12-5-7-13(17)8-6-12/h5-8H,9-11,18H2,1-4H3,(H,19,20). The molecule has 1 unspecified atom stereocenters. The van der Waals surface area contributed by atoms with Gasteiger partial charge in [0.05, 0.1) is 0 Å².